The average Bonchev–Trinajstić information content (AvgIpc) is 1.84. The summed E-state index contributed by atoms with van der Waals surface area (Å²) in [6.07, 6.45) is 1.32. The maximum atomic E-state index is 9.75. The van der Waals surface area contributed by atoms with E-state index in [0.29, 0.717) is 19.3 Å². The summed E-state index contributed by atoms with van der Waals surface area (Å²) in [7, 11) is 0. The molecule has 0 aromatic carbocycles. The Balaban J connectivity index is 2.17. The van der Waals surface area contributed by atoms with Crippen LogP contribution in [0.3, 0.4) is 0 Å². The van der Waals surface area contributed by atoms with Crippen molar-refractivity contribution in [3.05, 3.63) is 10.4 Å². The fourth-order valence-electron chi connectivity index (χ4n) is 0.895. The maximum Gasteiger partial charge on any atom is 0.293 e. The van der Waals surface area contributed by atoms with Gasteiger partial charge in [0, 0.05) is 11.0 Å². The van der Waals surface area contributed by atoms with E-state index in [4.69, 9.17) is 5.53 Å². The van der Waals surface area contributed by atoms with Crippen molar-refractivity contribution in [2.24, 2.45) is 5.11 Å². The highest BCUT2D eigenvalue weighted by atomic mass is 16.5. The van der Waals surface area contributed by atoms with E-state index in [9.17, 15) is 4.79 Å². The van der Waals surface area contributed by atoms with Crippen molar-refractivity contribution >= 4 is 6.47 Å². The highest BCUT2D eigenvalue weighted by Crippen LogP contribution is 2.25. The molecule has 1 rings (SSSR count). The summed E-state index contributed by atoms with van der Waals surface area (Å²) in [4.78, 5) is 12.4. The van der Waals surface area contributed by atoms with Crippen molar-refractivity contribution in [2.75, 3.05) is 0 Å². The van der Waals surface area contributed by atoms with Crippen LogP contribution in [0.2, 0.25) is 0 Å². The first kappa shape index (κ1) is 6.89. The number of nitrogens with zero attached hydrogens (tertiary/aromatic N) is 3. The number of azide groups is 1. The van der Waals surface area contributed by atoms with Gasteiger partial charge in [-0.25, -0.2) is 0 Å². The van der Waals surface area contributed by atoms with Gasteiger partial charge < -0.3 is 4.74 Å². The Labute approximate surface area is 57.6 Å². The molecule has 0 spiro atoms. The minimum absolute atomic E-state index is 0.0204. The van der Waals surface area contributed by atoms with E-state index in [1.54, 1.807) is 0 Å². The van der Waals surface area contributed by atoms with Crippen molar-refractivity contribution in [1.82, 2.24) is 0 Å². The van der Waals surface area contributed by atoms with Gasteiger partial charge in [0.05, 0.1) is 0 Å². The van der Waals surface area contributed by atoms with E-state index in [0.717, 1.165) is 0 Å². The summed E-state index contributed by atoms with van der Waals surface area (Å²) in [5.41, 5.74) is 7.97. The van der Waals surface area contributed by atoms with Crippen LogP contribution in [0, 0.1) is 0 Å². The molecule has 0 atom stereocenters. The van der Waals surface area contributed by atoms with Crippen LogP contribution in [-0.4, -0.2) is 18.6 Å². The van der Waals surface area contributed by atoms with Crippen molar-refractivity contribution in [1.29, 1.82) is 0 Å². The molecule has 54 valence electrons. The molecule has 0 N–H and O–H groups in total. The summed E-state index contributed by atoms with van der Waals surface area (Å²) in [6, 6.07) is 0.0370. The van der Waals surface area contributed by atoms with Gasteiger partial charge in [0.1, 0.15) is 6.10 Å². The SMILES string of the molecule is [N-]=[N+]=NC1CC(OC=O)C1. The van der Waals surface area contributed by atoms with Gasteiger partial charge in [-0.2, -0.15) is 0 Å². The minimum atomic E-state index is -0.0204. The summed E-state index contributed by atoms with van der Waals surface area (Å²) < 4.78 is 4.59. The van der Waals surface area contributed by atoms with E-state index >= 15 is 0 Å². The monoisotopic (exact) mass is 141 g/mol. The maximum absolute atomic E-state index is 9.75. The fraction of sp³-hybridized carbons (Fsp3) is 0.800. The molecule has 0 unspecified atom stereocenters. The second-order valence-corrected chi connectivity index (χ2v) is 2.18. The molecule has 1 aliphatic carbocycles. The Morgan fingerprint density at radius 3 is 2.90 bits per heavy atom. The zero-order chi connectivity index (χ0) is 7.40. The molecule has 0 bridgehead atoms. The Hall–Kier alpha value is -1.22. The molecule has 5 heteroatoms. The Bertz CT molecular complexity index is 170. The average molecular weight is 141 g/mol. The molecule has 1 fully saturated rings. The zero-order valence-electron chi connectivity index (χ0n) is 5.30. The van der Waals surface area contributed by atoms with Crippen molar-refractivity contribution < 1.29 is 9.53 Å². The first-order valence-corrected chi connectivity index (χ1v) is 3.00. The Morgan fingerprint density at radius 1 is 1.70 bits per heavy atom. The molecule has 1 aliphatic rings. The minimum Gasteiger partial charge on any atom is -0.465 e. The number of rotatable bonds is 3. The molecular weight excluding hydrogens is 134 g/mol. The quantitative estimate of drug-likeness (QED) is 0.254. The van der Waals surface area contributed by atoms with Crippen LogP contribution in [0.1, 0.15) is 12.8 Å². The van der Waals surface area contributed by atoms with Crippen LogP contribution in [0.5, 0.6) is 0 Å². The van der Waals surface area contributed by atoms with Crippen molar-refractivity contribution in [2.45, 2.75) is 25.0 Å². The van der Waals surface area contributed by atoms with Crippen molar-refractivity contribution in [3.8, 4) is 0 Å². The normalized spacial score (nSPS) is 29.6. The second kappa shape index (κ2) is 3.08. The van der Waals surface area contributed by atoms with E-state index in [-0.39, 0.29) is 12.1 Å². The molecular formula is C5H7N3O2. The van der Waals surface area contributed by atoms with E-state index < -0.39 is 0 Å². The zero-order valence-corrected chi connectivity index (χ0v) is 5.30. The first-order valence-electron chi connectivity index (χ1n) is 3.00. The van der Waals surface area contributed by atoms with Gasteiger partial charge in [-0.3, -0.25) is 4.79 Å². The highest BCUT2D eigenvalue weighted by molar-refractivity contribution is 5.37. The largest absolute Gasteiger partial charge is 0.465 e. The van der Waals surface area contributed by atoms with Gasteiger partial charge in [0.15, 0.2) is 0 Å². The van der Waals surface area contributed by atoms with Gasteiger partial charge in [-0.15, -0.1) is 0 Å². The Kier molecular flexibility index (Phi) is 2.12. The van der Waals surface area contributed by atoms with E-state index in [1.807, 2.05) is 0 Å². The van der Waals surface area contributed by atoms with Crippen LogP contribution in [-0.2, 0) is 9.53 Å². The molecule has 0 aromatic heterocycles. The van der Waals surface area contributed by atoms with E-state index in [2.05, 4.69) is 14.8 Å². The smallest absolute Gasteiger partial charge is 0.293 e. The lowest BCUT2D eigenvalue weighted by atomic mass is 9.90. The number of hydrogen-bond donors (Lipinski definition) is 0. The van der Waals surface area contributed by atoms with Gasteiger partial charge in [-0.1, -0.05) is 5.11 Å². The van der Waals surface area contributed by atoms with Crippen molar-refractivity contribution in [3.63, 3.8) is 0 Å². The van der Waals surface area contributed by atoms with Crippen LogP contribution in [0.15, 0.2) is 5.11 Å². The van der Waals surface area contributed by atoms with Crippen LogP contribution in [0.25, 0.3) is 10.4 Å². The predicted octanol–water partition coefficient (Wildman–Crippen LogP) is 1.00. The van der Waals surface area contributed by atoms with Crippen LogP contribution >= 0.6 is 0 Å². The number of ether oxygens (including phenoxy) is 1. The molecule has 0 heterocycles. The number of carbonyl (C=O) groups excluding carboxylic acids is 1. The summed E-state index contributed by atoms with van der Waals surface area (Å²) >= 11 is 0. The lowest BCUT2D eigenvalue weighted by Crippen LogP contribution is -2.33. The third-order valence-corrected chi connectivity index (χ3v) is 1.53. The third kappa shape index (κ3) is 1.39. The lowest BCUT2D eigenvalue weighted by molar-refractivity contribution is -0.137. The van der Waals surface area contributed by atoms with E-state index in [1.165, 1.54) is 0 Å². The highest BCUT2D eigenvalue weighted by Gasteiger charge is 2.29. The number of carbonyl (C=O) groups is 1. The lowest BCUT2D eigenvalue weighted by Gasteiger charge is -2.29. The molecule has 0 amide bonds. The van der Waals surface area contributed by atoms with Crippen LogP contribution in [0.4, 0.5) is 0 Å². The molecule has 0 aliphatic heterocycles. The molecule has 0 radical (unpaired) electrons. The van der Waals surface area contributed by atoms with Gasteiger partial charge >= 0.3 is 0 Å². The van der Waals surface area contributed by atoms with Gasteiger partial charge in [0.2, 0.25) is 0 Å². The third-order valence-electron chi connectivity index (χ3n) is 1.53. The topological polar surface area (TPSA) is 75.1 Å². The molecule has 1 saturated carbocycles. The molecule has 0 aromatic rings. The summed E-state index contributed by atoms with van der Waals surface area (Å²) in [5.74, 6) is 0. The summed E-state index contributed by atoms with van der Waals surface area (Å²) in [6.45, 7) is 0.428. The van der Waals surface area contributed by atoms with Crippen LogP contribution < -0.4 is 0 Å². The molecule has 0 saturated heterocycles. The second-order valence-electron chi connectivity index (χ2n) is 2.18. The molecule has 5 nitrogen and oxygen atoms in total. The predicted molar refractivity (Wildman–Crippen MR) is 33.1 cm³/mol. The fourth-order valence-corrected chi connectivity index (χ4v) is 0.895. The Morgan fingerprint density at radius 2 is 2.40 bits per heavy atom. The summed E-state index contributed by atoms with van der Waals surface area (Å²) in [5, 5.41) is 3.45. The van der Waals surface area contributed by atoms with Gasteiger partial charge in [-0.05, 0) is 18.4 Å². The molecule has 10 heavy (non-hydrogen) atoms. The standard InChI is InChI=1S/C5H7N3O2/c6-8-7-4-1-5(2-4)10-3-9/h3-5H,1-2H2. The first-order chi connectivity index (χ1) is 4.86. The van der Waals surface area contributed by atoms with Gasteiger partial charge in [0.25, 0.3) is 6.47 Å². The number of hydrogen-bond acceptors (Lipinski definition) is 3.